The Morgan fingerprint density at radius 1 is 1.50 bits per heavy atom. The lowest BCUT2D eigenvalue weighted by atomic mass is 9.77. The molecule has 1 amide bonds. The maximum atomic E-state index is 12.4. The zero-order valence-electron chi connectivity index (χ0n) is 13.7. The van der Waals surface area contributed by atoms with Crippen molar-refractivity contribution in [3.8, 4) is 0 Å². The summed E-state index contributed by atoms with van der Waals surface area (Å²) in [5.41, 5.74) is 1.27. The van der Waals surface area contributed by atoms with Gasteiger partial charge in [0, 0.05) is 10.9 Å². The number of aliphatic hydroxyl groups is 1. The molecule has 0 radical (unpaired) electrons. The van der Waals surface area contributed by atoms with E-state index in [1.165, 1.54) is 10.7 Å². The van der Waals surface area contributed by atoms with Gasteiger partial charge in [0.15, 0.2) is 0 Å². The molecule has 0 bridgehead atoms. The van der Waals surface area contributed by atoms with Crippen molar-refractivity contribution >= 4 is 17.2 Å². The van der Waals surface area contributed by atoms with Gasteiger partial charge in [-0.05, 0) is 49.6 Å². The van der Waals surface area contributed by atoms with Gasteiger partial charge in [-0.1, -0.05) is 6.07 Å². The van der Waals surface area contributed by atoms with Gasteiger partial charge in [0.1, 0.15) is 6.54 Å². The lowest BCUT2D eigenvalue weighted by molar-refractivity contribution is -0.123. The molecular weight excluding hydrogens is 326 g/mol. The van der Waals surface area contributed by atoms with E-state index in [0.717, 1.165) is 16.1 Å². The summed E-state index contributed by atoms with van der Waals surface area (Å²) in [7, 11) is 0. The first-order chi connectivity index (χ1) is 11.4. The number of aliphatic hydroxyl groups excluding tert-OH is 1. The summed E-state index contributed by atoms with van der Waals surface area (Å²) >= 11 is 1.59. The Bertz CT molecular complexity index is 779. The molecule has 2 aromatic heterocycles. The maximum absolute atomic E-state index is 12.4. The number of nitrogens with zero attached hydrogens (tertiary/aromatic N) is 2. The molecule has 6 nitrogen and oxygen atoms in total. The van der Waals surface area contributed by atoms with Gasteiger partial charge in [0.2, 0.25) is 5.91 Å². The third-order valence-electron chi connectivity index (χ3n) is 4.52. The highest BCUT2D eigenvalue weighted by Crippen LogP contribution is 2.39. The molecule has 2 aromatic rings. The van der Waals surface area contributed by atoms with Crippen LogP contribution in [0.5, 0.6) is 0 Å². The maximum Gasteiger partial charge on any atom is 0.267 e. The summed E-state index contributed by atoms with van der Waals surface area (Å²) in [6.45, 7) is 3.54. The highest BCUT2D eigenvalue weighted by Gasteiger charge is 2.36. The quantitative estimate of drug-likeness (QED) is 0.859. The van der Waals surface area contributed by atoms with Crippen LogP contribution in [0.1, 0.15) is 35.0 Å². The van der Waals surface area contributed by atoms with Gasteiger partial charge in [0.25, 0.3) is 5.56 Å². The van der Waals surface area contributed by atoms with Gasteiger partial charge in [0.05, 0.1) is 17.8 Å². The first-order valence-corrected chi connectivity index (χ1v) is 8.88. The smallest absolute Gasteiger partial charge is 0.267 e. The van der Waals surface area contributed by atoms with Crippen LogP contribution in [0, 0.1) is 19.8 Å². The van der Waals surface area contributed by atoms with E-state index < -0.39 is 0 Å². The Kier molecular flexibility index (Phi) is 4.82. The predicted molar refractivity (Wildman–Crippen MR) is 91.9 cm³/mol. The number of carbonyl (C=O) groups excluding carboxylic acids is 1. The van der Waals surface area contributed by atoms with E-state index in [-0.39, 0.29) is 36.1 Å². The minimum atomic E-state index is -0.279. The normalized spacial score (nSPS) is 21.1. The average Bonchev–Trinajstić information content (AvgIpc) is 3.01. The molecule has 128 valence electrons. The first-order valence-electron chi connectivity index (χ1n) is 8.00. The second-order valence-electron chi connectivity index (χ2n) is 6.35. The summed E-state index contributed by atoms with van der Waals surface area (Å²) in [4.78, 5) is 25.5. The SMILES string of the molecule is Cc1cc(=O)n(CC(=O)NC(c2cccs2)C2CC(O)C2)nc1C. The average molecular weight is 347 g/mol. The van der Waals surface area contributed by atoms with Crippen molar-refractivity contribution in [2.75, 3.05) is 0 Å². The number of nitrogens with one attached hydrogen (secondary N) is 1. The predicted octanol–water partition coefficient (Wildman–Crippen LogP) is 1.55. The molecule has 2 N–H and O–H groups in total. The molecule has 1 unspecified atom stereocenters. The zero-order valence-corrected chi connectivity index (χ0v) is 14.5. The summed E-state index contributed by atoms with van der Waals surface area (Å²) in [5.74, 6) is -0.0142. The van der Waals surface area contributed by atoms with Gasteiger partial charge in [-0.3, -0.25) is 9.59 Å². The molecule has 1 atom stereocenters. The highest BCUT2D eigenvalue weighted by atomic mass is 32.1. The van der Waals surface area contributed by atoms with Gasteiger partial charge in [-0.25, -0.2) is 4.68 Å². The van der Waals surface area contributed by atoms with Crippen LogP contribution >= 0.6 is 11.3 Å². The number of hydrogen-bond acceptors (Lipinski definition) is 5. The molecule has 0 aromatic carbocycles. The monoisotopic (exact) mass is 347 g/mol. The molecule has 1 aliphatic rings. The van der Waals surface area contributed by atoms with E-state index in [2.05, 4.69) is 10.4 Å². The molecular formula is C17H21N3O3S. The molecule has 7 heteroatoms. The molecule has 0 saturated heterocycles. The summed E-state index contributed by atoms with van der Waals surface area (Å²) in [6.07, 6.45) is 1.09. The molecule has 1 saturated carbocycles. The van der Waals surface area contributed by atoms with Gasteiger partial charge >= 0.3 is 0 Å². The fraction of sp³-hybridized carbons (Fsp3) is 0.471. The second-order valence-corrected chi connectivity index (χ2v) is 7.33. The van der Waals surface area contributed by atoms with E-state index >= 15 is 0 Å². The Morgan fingerprint density at radius 2 is 2.25 bits per heavy atom. The minimum absolute atomic E-state index is 0.100. The van der Waals surface area contributed by atoms with Crippen LogP contribution in [0.3, 0.4) is 0 Å². The Morgan fingerprint density at radius 3 is 2.88 bits per heavy atom. The second kappa shape index (κ2) is 6.86. The van der Waals surface area contributed by atoms with Gasteiger partial charge in [-0.15, -0.1) is 11.3 Å². The van der Waals surface area contributed by atoms with Crippen LogP contribution in [-0.4, -0.2) is 26.9 Å². The van der Waals surface area contributed by atoms with Gasteiger partial charge < -0.3 is 10.4 Å². The van der Waals surface area contributed by atoms with Crippen molar-refractivity contribution in [1.82, 2.24) is 15.1 Å². The first kappa shape index (κ1) is 16.9. The molecule has 3 rings (SSSR count). The summed E-state index contributed by atoms with van der Waals surface area (Å²) in [5, 5.41) is 18.7. The number of thiophene rings is 1. The van der Waals surface area contributed by atoms with Crippen LogP contribution in [0.2, 0.25) is 0 Å². The van der Waals surface area contributed by atoms with E-state index in [0.29, 0.717) is 12.8 Å². The highest BCUT2D eigenvalue weighted by molar-refractivity contribution is 7.10. The number of amides is 1. The topological polar surface area (TPSA) is 84.2 Å². The lowest BCUT2D eigenvalue weighted by Crippen LogP contribution is -2.43. The molecule has 1 fully saturated rings. The molecule has 0 spiro atoms. The number of carbonyl (C=O) groups is 1. The molecule has 2 heterocycles. The van der Waals surface area contributed by atoms with Crippen molar-refractivity contribution in [3.63, 3.8) is 0 Å². The van der Waals surface area contributed by atoms with Crippen LogP contribution in [0.25, 0.3) is 0 Å². The summed E-state index contributed by atoms with van der Waals surface area (Å²) < 4.78 is 1.19. The van der Waals surface area contributed by atoms with E-state index in [4.69, 9.17) is 0 Å². The van der Waals surface area contributed by atoms with Crippen LogP contribution < -0.4 is 10.9 Å². The van der Waals surface area contributed by atoms with Gasteiger partial charge in [-0.2, -0.15) is 5.10 Å². The fourth-order valence-electron chi connectivity index (χ4n) is 2.93. The van der Waals surface area contributed by atoms with E-state index in [9.17, 15) is 14.7 Å². The number of hydrogen-bond donors (Lipinski definition) is 2. The Balaban J connectivity index is 1.72. The third kappa shape index (κ3) is 3.57. The third-order valence-corrected chi connectivity index (χ3v) is 5.47. The van der Waals surface area contributed by atoms with Crippen LogP contribution in [-0.2, 0) is 11.3 Å². The molecule has 1 aliphatic carbocycles. The Labute approximate surface area is 144 Å². The zero-order chi connectivity index (χ0) is 17.3. The minimum Gasteiger partial charge on any atom is -0.393 e. The summed E-state index contributed by atoms with van der Waals surface area (Å²) in [6, 6.07) is 5.31. The molecule has 0 aliphatic heterocycles. The van der Waals surface area contributed by atoms with E-state index in [1.807, 2.05) is 31.4 Å². The van der Waals surface area contributed by atoms with E-state index in [1.54, 1.807) is 11.3 Å². The lowest BCUT2D eigenvalue weighted by Gasteiger charge is -2.37. The number of rotatable bonds is 5. The van der Waals surface area contributed by atoms with Crippen molar-refractivity contribution in [2.24, 2.45) is 5.92 Å². The van der Waals surface area contributed by atoms with Crippen LogP contribution in [0.15, 0.2) is 28.4 Å². The molecule has 24 heavy (non-hydrogen) atoms. The van der Waals surface area contributed by atoms with Crippen LogP contribution in [0.4, 0.5) is 0 Å². The Hall–Kier alpha value is -1.99. The largest absolute Gasteiger partial charge is 0.393 e. The number of aryl methyl sites for hydroxylation is 2. The van der Waals surface area contributed by atoms with Crippen molar-refractivity contribution in [3.05, 3.63) is 50.1 Å². The standard InChI is InChI=1S/C17H21N3O3S/c1-10-6-16(23)20(19-11(10)2)9-15(22)18-17(12-7-13(21)8-12)14-4-3-5-24-14/h3-6,12-13,17,21H,7-9H2,1-2H3,(H,18,22). The van der Waals surface area contributed by atoms with Crippen molar-refractivity contribution in [2.45, 2.75) is 45.4 Å². The van der Waals surface area contributed by atoms with Crippen molar-refractivity contribution < 1.29 is 9.90 Å². The fourth-order valence-corrected chi connectivity index (χ4v) is 3.80. The number of aromatic nitrogens is 2. The van der Waals surface area contributed by atoms with Crippen molar-refractivity contribution in [1.29, 1.82) is 0 Å².